The van der Waals surface area contributed by atoms with Crippen LogP contribution in [-0.4, -0.2) is 72.5 Å². The Kier molecular flexibility index (Phi) is 11.6. The summed E-state index contributed by atoms with van der Waals surface area (Å²) in [7, 11) is -4.70. The molecule has 45 heavy (non-hydrogen) atoms. The molecule has 0 spiro atoms. The number of para-hydroxylation sites is 1. The molecule has 2 unspecified atom stereocenters. The number of nitrogens with zero attached hydrogens (tertiary/aromatic N) is 2. The van der Waals surface area contributed by atoms with E-state index in [-0.39, 0.29) is 48.8 Å². The lowest BCUT2D eigenvalue weighted by molar-refractivity contribution is -0.139. The van der Waals surface area contributed by atoms with Crippen LogP contribution in [-0.2, 0) is 29.2 Å². The monoisotopic (exact) mass is 640 g/mol. The number of carboxylic acids is 1. The number of carbonyl (C=O) groups excluding carboxylic acids is 3. The van der Waals surface area contributed by atoms with Crippen molar-refractivity contribution >= 4 is 45.2 Å². The number of nitrogens with one attached hydrogen (secondary N) is 2. The third-order valence-corrected chi connectivity index (χ3v) is 9.39. The van der Waals surface area contributed by atoms with E-state index < -0.39 is 58.0 Å². The molecule has 0 aliphatic carbocycles. The Bertz CT molecular complexity index is 1590. The van der Waals surface area contributed by atoms with Gasteiger partial charge in [-0.1, -0.05) is 42.0 Å². The van der Waals surface area contributed by atoms with Crippen LogP contribution in [0.1, 0.15) is 43.7 Å². The zero-order valence-corrected chi connectivity index (χ0v) is 26.3. The first-order valence-electron chi connectivity index (χ1n) is 14.4. The number of aliphatic carboxylic acids is 1. The third kappa shape index (κ3) is 8.54. The number of sulfonamides is 1. The molecule has 3 rings (SSSR count). The molecule has 2 amide bonds. The molecular formula is C31H40N6O7S. The van der Waals surface area contributed by atoms with Crippen LogP contribution in [0, 0.1) is 25.2 Å². The standard InChI is InChI=1S/C31H40N6O7S/c1-19-11-12-26(20(2)16-19)45(43,44)37(30(42)25(32)10-7-14-35-31(33)34)28(21(3)38)22-13-15-36(24-8-5-4-6-9-24)29(41)23(17-22)18-27(39)40/h4-6,8-9,11-12,16-17,23,25,28H,7,10,13-15,18,32H2,1-3H3,(H,39,40)(H4,33,34,35)/t23?,25-,28?/m0/s1. The van der Waals surface area contributed by atoms with E-state index in [0.717, 1.165) is 12.5 Å². The average Bonchev–Trinajstić information content (AvgIpc) is 3.11. The minimum atomic E-state index is -4.70. The van der Waals surface area contributed by atoms with Gasteiger partial charge in [0.1, 0.15) is 6.04 Å². The zero-order valence-electron chi connectivity index (χ0n) is 25.5. The molecule has 0 saturated heterocycles. The van der Waals surface area contributed by atoms with Gasteiger partial charge in [-0.3, -0.25) is 24.6 Å². The maximum absolute atomic E-state index is 14.4. The molecule has 3 atom stereocenters. The number of carboxylic acid groups (broad SMARTS) is 1. The van der Waals surface area contributed by atoms with Gasteiger partial charge in [-0.05, 0) is 69.4 Å². The van der Waals surface area contributed by atoms with Gasteiger partial charge < -0.3 is 26.8 Å². The van der Waals surface area contributed by atoms with Crippen molar-refractivity contribution in [1.29, 1.82) is 5.41 Å². The number of aryl methyl sites for hydroxylation is 2. The first kappa shape index (κ1) is 34.9. The number of anilines is 1. The third-order valence-electron chi connectivity index (χ3n) is 7.46. The molecule has 2 aromatic rings. The maximum atomic E-state index is 14.4. The van der Waals surface area contributed by atoms with E-state index in [1.165, 1.54) is 17.0 Å². The maximum Gasteiger partial charge on any atom is 0.304 e. The van der Waals surface area contributed by atoms with Gasteiger partial charge in [0.05, 0.1) is 23.3 Å². The SMILES string of the molecule is CC(=O)C(C1=CC(CC(=O)O)C(=O)N(c2ccccc2)CC1)N(C(=O)[C@@H](N)CCCNC(=N)N)S(=O)(=O)c1ccc(C)cc1C. The summed E-state index contributed by atoms with van der Waals surface area (Å²) < 4.78 is 29.2. The lowest BCUT2D eigenvalue weighted by Crippen LogP contribution is -2.54. The number of ketones is 1. The smallest absolute Gasteiger partial charge is 0.304 e. The molecule has 1 aliphatic rings. The zero-order chi connectivity index (χ0) is 33.5. The van der Waals surface area contributed by atoms with E-state index >= 15 is 0 Å². The molecule has 1 heterocycles. The molecule has 14 heteroatoms. The molecule has 2 aromatic carbocycles. The van der Waals surface area contributed by atoms with Gasteiger partial charge in [0.25, 0.3) is 15.9 Å². The molecule has 0 saturated carbocycles. The number of guanidine groups is 1. The minimum Gasteiger partial charge on any atom is -0.481 e. The van der Waals surface area contributed by atoms with Gasteiger partial charge >= 0.3 is 5.97 Å². The molecule has 0 bridgehead atoms. The molecular weight excluding hydrogens is 600 g/mol. The van der Waals surface area contributed by atoms with Crippen LogP contribution >= 0.6 is 0 Å². The van der Waals surface area contributed by atoms with Crippen LogP contribution in [0.3, 0.4) is 0 Å². The highest BCUT2D eigenvalue weighted by Crippen LogP contribution is 2.32. The number of hydrogen-bond donors (Lipinski definition) is 5. The van der Waals surface area contributed by atoms with Crippen molar-refractivity contribution in [3.63, 3.8) is 0 Å². The number of amides is 2. The predicted octanol–water partition coefficient (Wildman–Crippen LogP) is 1.82. The normalized spacial score (nSPS) is 16.6. The summed E-state index contributed by atoms with van der Waals surface area (Å²) in [6.07, 6.45) is 0.940. The van der Waals surface area contributed by atoms with Crippen molar-refractivity contribution in [3.8, 4) is 0 Å². The second-order valence-electron chi connectivity index (χ2n) is 11.0. The van der Waals surface area contributed by atoms with Crippen LogP contribution in [0.15, 0.2) is 65.1 Å². The number of carbonyl (C=O) groups is 4. The van der Waals surface area contributed by atoms with Crippen molar-refractivity contribution in [2.45, 2.75) is 63.4 Å². The fourth-order valence-corrected chi connectivity index (χ4v) is 7.23. The van der Waals surface area contributed by atoms with Gasteiger partial charge in [0.2, 0.25) is 5.91 Å². The Balaban J connectivity index is 2.16. The molecule has 13 nitrogen and oxygen atoms in total. The summed E-state index contributed by atoms with van der Waals surface area (Å²) in [4.78, 5) is 54.1. The van der Waals surface area contributed by atoms with E-state index in [4.69, 9.17) is 16.9 Å². The van der Waals surface area contributed by atoms with Crippen LogP contribution < -0.4 is 21.7 Å². The number of nitrogens with two attached hydrogens (primary N) is 2. The Morgan fingerprint density at radius 2 is 1.82 bits per heavy atom. The summed E-state index contributed by atoms with van der Waals surface area (Å²) in [6.45, 7) is 4.70. The Hall–Kier alpha value is -4.56. The fourth-order valence-electron chi connectivity index (χ4n) is 5.38. The summed E-state index contributed by atoms with van der Waals surface area (Å²) in [6, 6.07) is 10.1. The van der Waals surface area contributed by atoms with E-state index in [1.54, 1.807) is 56.3 Å². The molecule has 7 N–H and O–H groups in total. The summed E-state index contributed by atoms with van der Waals surface area (Å²) in [5, 5.41) is 19.5. The van der Waals surface area contributed by atoms with Crippen LogP contribution in [0.5, 0.6) is 0 Å². The van der Waals surface area contributed by atoms with E-state index in [0.29, 0.717) is 15.6 Å². The lowest BCUT2D eigenvalue weighted by Gasteiger charge is -2.33. The van der Waals surface area contributed by atoms with Gasteiger partial charge in [0, 0.05) is 18.8 Å². The quantitative estimate of drug-likeness (QED) is 0.0926. The Labute approximate surface area is 262 Å². The van der Waals surface area contributed by atoms with Gasteiger partial charge in [0.15, 0.2) is 11.7 Å². The minimum absolute atomic E-state index is 0.00296. The predicted molar refractivity (Wildman–Crippen MR) is 169 cm³/mol. The second-order valence-corrected chi connectivity index (χ2v) is 12.8. The number of benzene rings is 2. The molecule has 0 aromatic heterocycles. The summed E-state index contributed by atoms with van der Waals surface area (Å²) >= 11 is 0. The van der Waals surface area contributed by atoms with Crippen LogP contribution in [0.2, 0.25) is 0 Å². The highest BCUT2D eigenvalue weighted by atomic mass is 32.2. The molecule has 0 radical (unpaired) electrons. The Morgan fingerprint density at radius 1 is 1.16 bits per heavy atom. The van der Waals surface area contributed by atoms with Crippen molar-refractivity contribution in [1.82, 2.24) is 9.62 Å². The molecule has 1 aliphatic heterocycles. The second kappa shape index (κ2) is 14.9. The van der Waals surface area contributed by atoms with E-state index in [2.05, 4.69) is 5.32 Å². The van der Waals surface area contributed by atoms with Crippen molar-refractivity contribution in [2.75, 3.05) is 18.0 Å². The number of hydrogen-bond acceptors (Lipinski definition) is 8. The van der Waals surface area contributed by atoms with Crippen LogP contribution in [0.25, 0.3) is 0 Å². The lowest BCUT2D eigenvalue weighted by atomic mass is 9.94. The molecule has 0 fully saturated rings. The summed E-state index contributed by atoms with van der Waals surface area (Å²) in [5.74, 6) is -5.07. The largest absolute Gasteiger partial charge is 0.481 e. The topological polar surface area (TPSA) is 217 Å². The number of rotatable bonds is 13. The highest BCUT2D eigenvalue weighted by molar-refractivity contribution is 7.89. The highest BCUT2D eigenvalue weighted by Gasteiger charge is 2.44. The van der Waals surface area contributed by atoms with Crippen molar-refractivity contribution in [2.24, 2.45) is 17.4 Å². The average molecular weight is 641 g/mol. The molecule has 242 valence electrons. The fraction of sp³-hybridized carbons (Fsp3) is 0.387. The van der Waals surface area contributed by atoms with E-state index in [9.17, 15) is 32.7 Å². The van der Waals surface area contributed by atoms with Gasteiger partial charge in [-0.25, -0.2) is 12.7 Å². The van der Waals surface area contributed by atoms with Gasteiger partial charge in [-0.15, -0.1) is 0 Å². The van der Waals surface area contributed by atoms with E-state index in [1.807, 2.05) is 0 Å². The first-order valence-corrected chi connectivity index (χ1v) is 15.9. The first-order chi connectivity index (χ1) is 21.1. The van der Waals surface area contributed by atoms with Gasteiger partial charge in [-0.2, -0.15) is 0 Å². The Morgan fingerprint density at radius 3 is 2.40 bits per heavy atom. The summed E-state index contributed by atoms with van der Waals surface area (Å²) in [5.41, 5.74) is 13.3. The van der Waals surface area contributed by atoms with Crippen molar-refractivity contribution < 1.29 is 32.7 Å². The van der Waals surface area contributed by atoms with Crippen molar-refractivity contribution in [3.05, 3.63) is 71.3 Å². The van der Waals surface area contributed by atoms with Crippen LogP contribution in [0.4, 0.5) is 5.69 Å². The number of Topliss-reactive ketones (excluding diaryl/α,β-unsaturated/α-hetero) is 1.